The molecule has 2 unspecified atom stereocenters. The average Bonchev–Trinajstić information content (AvgIpc) is 1.99. The van der Waals surface area contributed by atoms with Gasteiger partial charge in [-0.2, -0.15) is 0 Å². The molecule has 0 aliphatic carbocycles. The summed E-state index contributed by atoms with van der Waals surface area (Å²) in [5.74, 6) is 1.46. The molecule has 0 fully saturated rings. The third-order valence-corrected chi connectivity index (χ3v) is 1.18. The van der Waals surface area contributed by atoms with Gasteiger partial charge < -0.3 is 20.7 Å². The van der Waals surface area contributed by atoms with Crippen LogP contribution in [-0.2, 0) is 4.74 Å². The van der Waals surface area contributed by atoms with Gasteiger partial charge in [0.15, 0.2) is 0 Å². The Bertz CT molecular complexity index is 101. The van der Waals surface area contributed by atoms with Crippen LogP contribution in [0.2, 0.25) is 0 Å². The Morgan fingerprint density at radius 2 is 2.30 bits per heavy atom. The van der Waals surface area contributed by atoms with Crippen LogP contribution in [0.15, 0.2) is 0 Å². The van der Waals surface area contributed by atoms with Crippen LogP contribution < -0.4 is 5.73 Å². The number of ether oxygens (including phenoxy) is 1. The molecular formula is C5H12NO3P. The molecule has 5 heteroatoms. The van der Waals surface area contributed by atoms with Crippen LogP contribution in [0.1, 0.15) is 0 Å². The molecule has 0 saturated heterocycles. The summed E-state index contributed by atoms with van der Waals surface area (Å²) in [5.41, 5.74) is 5.26. The molecule has 0 spiro atoms. The molecule has 0 heterocycles. The number of hydrogen-bond acceptors (Lipinski definition) is 4. The van der Waals surface area contributed by atoms with Crippen LogP contribution >= 0.6 is 8.86 Å². The Kier molecular flexibility index (Phi) is 5.78. The molecule has 60 valence electrons. The van der Waals surface area contributed by atoms with E-state index in [9.17, 15) is 0 Å². The standard InChI is InChI=1S/C5H12NO3P/c6-5(3-10)9-2-4(8)1-7/h3-5,7-8,10H,1-2,6H2. The van der Waals surface area contributed by atoms with Crippen LogP contribution in [0, 0.1) is 0 Å². The van der Waals surface area contributed by atoms with E-state index >= 15 is 0 Å². The summed E-state index contributed by atoms with van der Waals surface area (Å²) in [6.07, 6.45) is -1.39. The largest absolute Gasteiger partial charge is 0.394 e. The van der Waals surface area contributed by atoms with Gasteiger partial charge in [0.2, 0.25) is 0 Å². The predicted octanol–water partition coefficient (Wildman–Crippen LogP) is -1.41. The molecule has 0 aromatic heterocycles. The average molecular weight is 165 g/mol. The highest BCUT2D eigenvalue weighted by Crippen LogP contribution is 1.85. The van der Waals surface area contributed by atoms with Crippen molar-refractivity contribution in [1.82, 2.24) is 0 Å². The molecule has 0 rings (SSSR count). The lowest BCUT2D eigenvalue weighted by Gasteiger charge is -2.10. The lowest BCUT2D eigenvalue weighted by molar-refractivity contribution is -0.00498. The molecule has 4 N–H and O–H groups in total. The van der Waals surface area contributed by atoms with Crippen LogP contribution in [0.3, 0.4) is 0 Å². The summed E-state index contributed by atoms with van der Waals surface area (Å²) in [4.78, 5) is 0. The molecule has 0 bridgehead atoms. The van der Waals surface area contributed by atoms with Gasteiger partial charge in [-0.15, -0.1) is 8.86 Å². The SMILES string of the molecule is NC(C=P)OCC(O)CO. The van der Waals surface area contributed by atoms with Gasteiger partial charge in [-0.05, 0) is 5.80 Å². The van der Waals surface area contributed by atoms with Crippen molar-refractivity contribution in [1.29, 1.82) is 0 Å². The van der Waals surface area contributed by atoms with E-state index in [4.69, 9.17) is 20.7 Å². The molecule has 2 atom stereocenters. The fourth-order valence-electron chi connectivity index (χ4n) is 0.323. The predicted molar refractivity (Wildman–Crippen MR) is 41.4 cm³/mol. The van der Waals surface area contributed by atoms with Crippen LogP contribution in [0.25, 0.3) is 0 Å². The second kappa shape index (κ2) is 5.77. The Hall–Kier alpha value is 0.01000. The first kappa shape index (κ1) is 10.0. The van der Waals surface area contributed by atoms with E-state index in [0.29, 0.717) is 0 Å². The van der Waals surface area contributed by atoms with Crippen molar-refractivity contribution in [3.05, 3.63) is 0 Å². The van der Waals surface area contributed by atoms with Crippen molar-refractivity contribution in [2.75, 3.05) is 13.2 Å². The number of aliphatic hydroxyl groups is 2. The third-order valence-electron chi connectivity index (χ3n) is 0.856. The van der Waals surface area contributed by atoms with E-state index in [1.165, 1.54) is 5.80 Å². The van der Waals surface area contributed by atoms with Crippen LogP contribution in [-0.4, -0.2) is 41.6 Å². The number of hydrogen-bond donors (Lipinski definition) is 3. The zero-order valence-corrected chi connectivity index (χ0v) is 6.53. The lowest BCUT2D eigenvalue weighted by Crippen LogP contribution is -2.30. The fraction of sp³-hybridized carbons (Fsp3) is 0.800. The lowest BCUT2D eigenvalue weighted by atomic mass is 10.4. The van der Waals surface area contributed by atoms with Crippen molar-refractivity contribution in [3.63, 3.8) is 0 Å². The fourth-order valence-corrected chi connectivity index (χ4v) is 0.419. The minimum absolute atomic E-state index is 0.0403. The van der Waals surface area contributed by atoms with E-state index in [-0.39, 0.29) is 13.2 Å². The van der Waals surface area contributed by atoms with Gasteiger partial charge in [0.25, 0.3) is 0 Å². The van der Waals surface area contributed by atoms with Gasteiger partial charge in [-0.3, -0.25) is 0 Å². The summed E-state index contributed by atoms with van der Waals surface area (Å²) in [6.45, 7) is -0.271. The molecular weight excluding hydrogens is 153 g/mol. The summed E-state index contributed by atoms with van der Waals surface area (Å²) in [7, 11) is 3.01. The Labute approximate surface area is 61.8 Å². The Morgan fingerprint density at radius 3 is 2.70 bits per heavy atom. The van der Waals surface area contributed by atoms with Crippen molar-refractivity contribution in [2.24, 2.45) is 5.73 Å². The van der Waals surface area contributed by atoms with E-state index in [2.05, 4.69) is 8.86 Å². The molecule has 10 heavy (non-hydrogen) atoms. The maximum Gasteiger partial charge on any atom is 0.128 e. The first-order valence-electron chi connectivity index (χ1n) is 2.87. The summed E-state index contributed by atoms with van der Waals surface area (Å²) >= 11 is 0. The summed E-state index contributed by atoms with van der Waals surface area (Å²) in [6, 6.07) is 0. The van der Waals surface area contributed by atoms with Gasteiger partial charge in [0, 0.05) is 0 Å². The van der Waals surface area contributed by atoms with E-state index in [1.807, 2.05) is 0 Å². The quantitative estimate of drug-likeness (QED) is 0.345. The zero-order chi connectivity index (χ0) is 7.98. The van der Waals surface area contributed by atoms with E-state index < -0.39 is 12.3 Å². The minimum Gasteiger partial charge on any atom is -0.394 e. The molecule has 0 saturated carbocycles. The monoisotopic (exact) mass is 165 g/mol. The first-order chi connectivity index (χ1) is 4.70. The maximum atomic E-state index is 8.74. The van der Waals surface area contributed by atoms with Crippen molar-refractivity contribution < 1.29 is 14.9 Å². The van der Waals surface area contributed by atoms with Crippen molar-refractivity contribution >= 4 is 14.7 Å². The van der Waals surface area contributed by atoms with E-state index in [0.717, 1.165) is 0 Å². The maximum absolute atomic E-state index is 8.74. The highest BCUT2D eigenvalue weighted by molar-refractivity contribution is 7.18. The second-order valence-electron chi connectivity index (χ2n) is 1.80. The second-order valence-corrected chi connectivity index (χ2v) is 2.13. The van der Waals surface area contributed by atoms with Crippen LogP contribution in [0.5, 0.6) is 0 Å². The molecule has 0 aliphatic rings. The Balaban J connectivity index is 3.25. The zero-order valence-electron chi connectivity index (χ0n) is 5.53. The van der Waals surface area contributed by atoms with Crippen molar-refractivity contribution in [3.8, 4) is 0 Å². The molecule has 0 aromatic carbocycles. The van der Waals surface area contributed by atoms with Gasteiger partial charge in [0.05, 0.1) is 13.2 Å². The van der Waals surface area contributed by atoms with Gasteiger partial charge in [-0.25, -0.2) is 0 Å². The molecule has 0 aromatic rings. The van der Waals surface area contributed by atoms with Crippen molar-refractivity contribution in [2.45, 2.75) is 12.3 Å². The Morgan fingerprint density at radius 1 is 1.70 bits per heavy atom. The first-order valence-corrected chi connectivity index (χ1v) is 3.45. The summed E-state index contributed by atoms with van der Waals surface area (Å²) in [5, 5.41) is 17.1. The summed E-state index contributed by atoms with van der Waals surface area (Å²) < 4.78 is 4.81. The van der Waals surface area contributed by atoms with Gasteiger partial charge >= 0.3 is 0 Å². The minimum atomic E-state index is -0.849. The van der Waals surface area contributed by atoms with E-state index in [1.54, 1.807) is 0 Å². The highest BCUT2D eigenvalue weighted by Gasteiger charge is 2.03. The van der Waals surface area contributed by atoms with Gasteiger partial charge in [-0.1, -0.05) is 0 Å². The van der Waals surface area contributed by atoms with Crippen LogP contribution in [0.4, 0.5) is 0 Å². The molecule has 0 aliphatic heterocycles. The number of nitrogens with two attached hydrogens (primary N) is 1. The smallest absolute Gasteiger partial charge is 0.128 e. The molecule has 4 nitrogen and oxygen atoms in total. The topological polar surface area (TPSA) is 75.7 Å². The normalized spacial score (nSPS) is 16.3. The molecule has 0 radical (unpaired) electrons. The number of rotatable bonds is 5. The van der Waals surface area contributed by atoms with Gasteiger partial charge in [0.1, 0.15) is 12.3 Å². The number of aliphatic hydroxyl groups excluding tert-OH is 2. The third kappa shape index (κ3) is 4.85. The molecule has 0 amide bonds. The highest BCUT2D eigenvalue weighted by atomic mass is 31.0.